The van der Waals surface area contributed by atoms with Crippen LogP contribution in [-0.2, 0) is 4.79 Å². The van der Waals surface area contributed by atoms with Gasteiger partial charge in [0, 0.05) is 0 Å². The van der Waals surface area contributed by atoms with E-state index in [1.165, 1.54) is 0 Å². The zero-order chi connectivity index (χ0) is 16.6. The van der Waals surface area contributed by atoms with Crippen molar-refractivity contribution < 1.29 is 66.1 Å². The lowest BCUT2D eigenvalue weighted by molar-refractivity contribution is -0.605. The summed E-state index contributed by atoms with van der Waals surface area (Å²) < 4.78 is 0. The molecule has 0 bridgehead atoms. The predicted molar refractivity (Wildman–Crippen MR) is 48.4 cm³/mol. The molecule has 0 spiro atoms. The molecule has 1 rings (SSSR count). The fourth-order valence-corrected chi connectivity index (χ4v) is 1.77. The molecule has 0 saturated heterocycles. The van der Waals surface area contributed by atoms with Gasteiger partial charge in [0.2, 0.25) is 0 Å². The summed E-state index contributed by atoms with van der Waals surface area (Å²) in [6, 6.07) is 0. The van der Waals surface area contributed by atoms with Crippen molar-refractivity contribution in [2.75, 3.05) is 0 Å². The van der Waals surface area contributed by atoms with Gasteiger partial charge in [-0.3, -0.25) is 0 Å². The Hall–Kier alpha value is -0.970. The third kappa shape index (κ3) is 1.26. The molecule has 0 unspecified atom stereocenters. The minimum absolute atomic E-state index is 2.98. The maximum absolute atomic E-state index is 10.8. The van der Waals surface area contributed by atoms with Crippen molar-refractivity contribution in [3.8, 4) is 0 Å². The first-order valence-corrected chi connectivity index (χ1v) is 4.64. The molecule has 1 aliphatic carbocycles. The lowest BCUT2D eigenvalue weighted by Gasteiger charge is -2.61. The Labute approximate surface area is 108 Å². The van der Waals surface area contributed by atoms with Crippen LogP contribution in [0.15, 0.2) is 0 Å². The molecule has 0 aromatic heterocycles. The summed E-state index contributed by atoms with van der Waals surface area (Å²) in [5.74, 6) is -27.8. The second kappa shape index (κ2) is 3.62. The normalized spacial score (nSPS) is 31.6. The Kier molecular flexibility index (Phi) is 3.09. The smallest absolute Gasteiger partial charge is 0.347 e. The zero-order valence-corrected chi connectivity index (χ0v) is 9.27. The van der Waals surface area contributed by atoms with E-state index in [2.05, 4.69) is 0 Å². The van der Waals surface area contributed by atoms with Crippen LogP contribution in [0, 0.1) is 0 Å². The number of hydrogen-bond donors (Lipinski definition) is 12. The van der Waals surface area contributed by atoms with Crippen LogP contribution in [-0.4, -0.2) is 102 Å². The Morgan fingerprint density at radius 3 is 0.900 bits per heavy atom. The Morgan fingerprint density at radius 2 is 0.700 bits per heavy atom. The summed E-state index contributed by atoms with van der Waals surface area (Å²) in [5, 5.41) is 110. The van der Waals surface area contributed by atoms with E-state index < -0.39 is 40.5 Å². The van der Waals surface area contributed by atoms with Crippen LogP contribution in [0.2, 0.25) is 0 Å². The number of hydrogen-bond acceptors (Lipinski definition) is 12. The van der Waals surface area contributed by atoms with E-state index in [4.69, 9.17) is 15.3 Å². The lowest BCUT2D eigenvalue weighted by Crippen LogP contribution is -2.97. The first-order chi connectivity index (χ1) is 8.44. The second-order valence-corrected chi connectivity index (χ2v) is 4.38. The van der Waals surface area contributed by atoms with Gasteiger partial charge in [0.1, 0.15) is 0 Å². The average molecular weight is 304 g/mol. The van der Waals surface area contributed by atoms with Crippen LogP contribution < -0.4 is 0 Å². The maximum Gasteiger partial charge on any atom is 0.347 e. The fourth-order valence-electron chi connectivity index (χ4n) is 1.77. The Balaban J connectivity index is 3.88. The third-order valence-electron chi connectivity index (χ3n) is 3.26. The average Bonchev–Trinajstić information content (AvgIpc) is 2.24. The number of aliphatic carboxylic acids is 1. The van der Waals surface area contributed by atoms with Crippen LogP contribution >= 0.6 is 0 Å². The molecule has 1 saturated carbocycles. The summed E-state index contributed by atoms with van der Waals surface area (Å²) in [6.45, 7) is 0. The van der Waals surface area contributed by atoms with Crippen LogP contribution in [0.5, 0.6) is 0 Å². The first-order valence-electron chi connectivity index (χ1n) is 4.64. The van der Waals surface area contributed by atoms with Gasteiger partial charge in [0.25, 0.3) is 34.5 Å². The van der Waals surface area contributed by atoms with E-state index >= 15 is 0 Å². The molecule has 13 nitrogen and oxygen atoms in total. The molecule has 118 valence electrons. The number of aliphatic hydroxyl groups is 11. The van der Waals surface area contributed by atoms with Gasteiger partial charge in [-0.1, -0.05) is 0 Å². The summed E-state index contributed by atoms with van der Waals surface area (Å²) in [4.78, 5) is 10.8. The van der Waals surface area contributed by atoms with Crippen molar-refractivity contribution in [1.82, 2.24) is 0 Å². The molecule has 1 fully saturated rings. The maximum atomic E-state index is 10.8. The highest BCUT2D eigenvalue weighted by molar-refractivity contribution is 5.81. The molecule has 12 N–H and O–H groups in total. The van der Waals surface area contributed by atoms with E-state index in [-0.39, 0.29) is 0 Å². The molecular formula is C7H12O13. The quantitative estimate of drug-likeness (QED) is 0.201. The molecule has 13 heteroatoms. The molecule has 20 heavy (non-hydrogen) atoms. The largest absolute Gasteiger partial charge is 0.479 e. The fraction of sp³-hybridized carbons (Fsp3) is 0.857. The minimum Gasteiger partial charge on any atom is -0.479 e. The van der Waals surface area contributed by atoms with Gasteiger partial charge in [-0.15, -0.1) is 0 Å². The molecule has 0 heterocycles. The SMILES string of the molecule is O=C(O)C1(O)C(O)(O)C(O)(O)C(O)(O)C(O)(O)C1(O)O. The summed E-state index contributed by atoms with van der Waals surface area (Å²) in [7, 11) is 0. The number of carbonyl (C=O) groups is 1. The van der Waals surface area contributed by atoms with Gasteiger partial charge in [-0.2, -0.15) is 0 Å². The topological polar surface area (TPSA) is 260 Å². The highest BCUT2D eigenvalue weighted by Gasteiger charge is 2.93. The van der Waals surface area contributed by atoms with Crippen molar-refractivity contribution >= 4 is 5.97 Å². The summed E-state index contributed by atoms with van der Waals surface area (Å²) in [5.41, 5.74) is -4.89. The summed E-state index contributed by atoms with van der Waals surface area (Å²) >= 11 is 0. The van der Waals surface area contributed by atoms with Gasteiger partial charge < -0.3 is 61.3 Å². The van der Waals surface area contributed by atoms with Crippen LogP contribution in [0.1, 0.15) is 0 Å². The molecule has 0 atom stereocenters. The first kappa shape index (κ1) is 17.1. The van der Waals surface area contributed by atoms with Crippen molar-refractivity contribution in [1.29, 1.82) is 0 Å². The van der Waals surface area contributed by atoms with Crippen LogP contribution in [0.25, 0.3) is 0 Å². The van der Waals surface area contributed by atoms with Crippen LogP contribution in [0.4, 0.5) is 0 Å². The Bertz CT molecular complexity index is 416. The number of carboxylic acids is 1. The van der Waals surface area contributed by atoms with Gasteiger partial charge in [-0.05, 0) is 0 Å². The van der Waals surface area contributed by atoms with E-state index in [1.807, 2.05) is 0 Å². The molecule has 0 aliphatic heterocycles. The van der Waals surface area contributed by atoms with E-state index in [0.29, 0.717) is 0 Å². The van der Waals surface area contributed by atoms with Gasteiger partial charge in [0.05, 0.1) is 0 Å². The van der Waals surface area contributed by atoms with Crippen molar-refractivity contribution in [2.45, 2.75) is 34.5 Å². The van der Waals surface area contributed by atoms with Gasteiger partial charge in [-0.25, -0.2) is 4.79 Å². The molecule has 0 radical (unpaired) electrons. The number of rotatable bonds is 1. The monoisotopic (exact) mass is 304 g/mol. The standard InChI is InChI=1S/C7H12O13/c8-1(9)2(10)3(11,12)5(15,16)7(19,20)6(17,18)4(2,13)14/h10-20H,(H,8,9). The van der Waals surface area contributed by atoms with Gasteiger partial charge >= 0.3 is 5.97 Å². The molecule has 0 aromatic rings. The number of carboxylic acid groups (broad SMARTS) is 1. The van der Waals surface area contributed by atoms with Crippen LogP contribution in [0.3, 0.4) is 0 Å². The minimum atomic E-state index is -4.98. The third-order valence-corrected chi connectivity index (χ3v) is 3.26. The van der Waals surface area contributed by atoms with E-state index in [0.717, 1.165) is 0 Å². The van der Waals surface area contributed by atoms with Crippen molar-refractivity contribution in [3.05, 3.63) is 0 Å². The molecule has 1 aliphatic rings. The van der Waals surface area contributed by atoms with E-state index in [9.17, 15) is 50.8 Å². The zero-order valence-electron chi connectivity index (χ0n) is 9.27. The van der Waals surface area contributed by atoms with Crippen molar-refractivity contribution in [3.63, 3.8) is 0 Å². The highest BCUT2D eigenvalue weighted by Crippen LogP contribution is 2.53. The Morgan fingerprint density at radius 1 is 0.500 bits per heavy atom. The molecule has 0 aromatic carbocycles. The molecular weight excluding hydrogens is 292 g/mol. The highest BCUT2D eigenvalue weighted by atomic mass is 16.7. The summed E-state index contributed by atoms with van der Waals surface area (Å²) in [6.07, 6.45) is 0. The van der Waals surface area contributed by atoms with Gasteiger partial charge in [0.15, 0.2) is 0 Å². The lowest BCUT2D eigenvalue weighted by atomic mass is 9.64. The van der Waals surface area contributed by atoms with Crippen molar-refractivity contribution in [2.24, 2.45) is 0 Å². The second-order valence-electron chi connectivity index (χ2n) is 4.38. The predicted octanol–water partition coefficient (Wildman–Crippen LogP) is -7.78. The molecule has 0 amide bonds. The van der Waals surface area contributed by atoms with E-state index in [1.54, 1.807) is 0 Å².